The fourth-order valence-corrected chi connectivity index (χ4v) is 5.95. The molecule has 6 heteroatoms. The smallest absolute Gasteiger partial charge is 0.230 e. The van der Waals surface area contributed by atoms with Crippen molar-refractivity contribution >= 4 is 11.8 Å². The molecule has 39 heavy (non-hydrogen) atoms. The molecule has 0 fully saturated rings. The van der Waals surface area contributed by atoms with Gasteiger partial charge in [-0.3, -0.25) is 9.59 Å². The van der Waals surface area contributed by atoms with E-state index in [4.69, 9.17) is 0 Å². The van der Waals surface area contributed by atoms with Crippen LogP contribution in [0.25, 0.3) is 0 Å². The summed E-state index contributed by atoms with van der Waals surface area (Å²) in [7, 11) is 0. The van der Waals surface area contributed by atoms with Crippen LogP contribution in [-0.2, 0) is 9.59 Å². The first-order valence-corrected chi connectivity index (χ1v) is 14.7. The Balaban J connectivity index is 2.34. The normalized spacial score (nSPS) is 13.5. The SMILES string of the molecule is CCCC(O)(CCC)[C@H](NC(=O)CC(=O)N[C@H](c1ccccc1C)C(O)(CCC)CCC)c1ccccc1C. The van der Waals surface area contributed by atoms with Gasteiger partial charge in [-0.15, -0.1) is 0 Å². The highest BCUT2D eigenvalue weighted by atomic mass is 16.3. The second-order valence-electron chi connectivity index (χ2n) is 11.1. The van der Waals surface area contributed by atoms with Crippen molar-refractivity contribution in [2.75, 3.05) is 0 Å². The van der Waals surface area contributed by atoms with Crippen LogP contribution in [0.3, 0.4) is 0 Å². The Morgan fingerprint density at radius 1 is 0.641 bits per heavy atom. The number of nitrogens with one attached hydrogen (secondary N) is 2. The van der Waals surface area contributed by atoms with Crippen molar-refractivity contribution in [3.05, 3.63) is 70.8 Å². The van der Waals surface area contributed by atoms with E-state index in [9.17, 15) is 19.8 Å². The Bertz CT molecular complexity index is 972. The third kappa shape index (κ3) is 8.64. The third-order valence-corrected chi connectivity index (χ3v) is 7.74. The molecule has 2 aromatic carbocycles. The van der Waals surface area contributed by atoms with Crippen LogP contribution >= 0.6 is 0 Å². The van der Waals surface area contributed by atoms with Crippen LogP contribution in [0.2, 0.25) is 0 Å². The second kappa shape index (κ2) is 15.2. The molecule has 0 aliphatic heterocycles. The van der Waals surface area contributed by atoms with E-state index in [1.54, 1.807) is 0 Å². The van der Waals surface area contributed by atoms with Crippen LogP contribution < -0.4 is 10.6 Å². The molecule has 0 spiro atoms. The van der Waals surface area contributed by atoms with E-state index in [-0.39, 0.29) is 0 Å². The van der Waals surface area contributed by atoms with Crippen molar-refractivity contribution in [1.82, 2.24) is 10.6 Å². The summed E-state index contributed by atoms with van der Waals surface area (Å²) < 4.78 is 0. The first-order chi connectivity index (χ1) is 18.5. The number of carbonyl (C=O) groups is 2. The first kappa shape index (κ1) is 32.5. The lowest BCUT2D eigenvalue weighted by Crippen LogP contribution is -2.49. The second-order valence-corrected chi connectivity index (χ2v) is 11.1. The predicted molar refractivity (Wildman–Crippen MR) is 158 cm³/mol. The maximum Gasteiger partial charge on any atom is 0.230 e. The number of aliphatic hydroxyl groups is 2. The molecule has 2 rings (SSSR count). The summed E-state index contributed by atoms with van der Waals surface area (Å²) in [5, 5.41) is 29.5. The van der Waals surface area contributed by atoms with Gasteiger partial charge in [0.2, 0.25) is 11.8 Å². The molecule has 0 aromatic heterocycles. The lowest BCUT2D eigenvalue weighted by molar-refractivity contribution is -0.133. The van der Waals surface area contributed by atoms with Gasteiger partial charge < -0.3 is 20.8 Å². The lowest BCUT2D eigenvalue weighted by atomic mass is 9.80. The summed E-state index contributed by atoms with van der Waals surface area (Å²) in [5.74, 6) is -0.908. The average molecular weight is 539 g/mol. The van der Waals surface area contributed by atoms with E-state index >= 15 is 0 Å². The van der Waals surface area contributed by atoms with Crippen LogP contribution in [-0.4, -0.2) is 33.2 Å². The molecule has 0 aliphatic rings. The number of rotatable bonds is 16. The fourth-order valence-electron chi connectivity index (χ4n) is 5.95. The molecule has 6 nitrogen and oxygen atoms in total. The van der Waals surface area contributed by atoms with E-state index in [1.165, 1.54) is 0 Å². The highest BCUT2D eigenvalue weighted by Gasteiger charge is 2.40. The zero-order valence-electron chi connectivity index (χ0n) is 24.8. The minimum absolute atomic E-state index is 0.395. The Morgan fingerprint density at radius 3 is 1.23 bits per heavy atom. The Kier molecular flexibility index (Phi) is 12.7. The van der Waals surface area contributed by atoms with Crippen LogP contribution in [0.1, 0.15) is 120 Å². The summed E-state index contributed by atoms with van der Waals surface area (Å²) in [5.41, 5.74) is 1.40. The summed E-state index contributed by atoms with van der Waals surface area (Å²) in [6.07, 6.45) is 4.79. The zero-order valence-corrected chi connectivity index (χ0v) is 24.8. The van der Waals surface area contributed by atoms with Crippen LogP contribution in [0.5, 0.6) is 0 Å². The molecule has 0 bridgehead atoms. The maximum atomic E-state index is 13.3. The van der Waals surface area contributed by atoms with Crippen LogP contribution in [0, 0.1) is 13.8 Å². The summed E-state index contributed by atoms with van der Waals surface area (Å²) >= 11 is 0. The Morgan fingerprint density at radius 2 is 0.949 bits per heavy atom. The van der Waals surface area contributed by atoms with Crippen molar-refractivity contribution in [2.45, 2.75) is 123 Å². The standard InChI is InChI=1S/C33H50N2O4/c1-7-19-32(38,20-8-2)30(26-17-13-11-15-24(26)5)34-28(36)23-29(37)35-31(27-18-14-12-16-25(27)6)33(39,21-9-3)22-10-4/h11-18,30-31,38-39H,7-10,19-23H2,1-6H3,(H,34,36)(H,35,37)/t30-,31-/m1/s1. The average Bonchev–Trinajstić information content (AvgIpc) is 2.87. The monoisotopic (exact) mass is 538 g/mol. The first-order valence-electron chi connectivity index (χ1n) is 14.7. The number of amides is 2. The van der Waals surface area contributed by atoms with E-state index in [0.29, 0.717) is 25.7 Å². The molecule has 0 heterocycles. The molecule has 0 saturated heterocycles. The molecular weight excluding hydrogens is 488 g/mol. The number of carbonyl (C=O) groups excluding carboxylic acids is 2. The Labute approximate surface area is 235 Å². The molecule has 2 atom stereocenters. The zero-order chi connectivity index (χ0) is 29.1. The molecule has 4 N–H and O–H groups in total. The van der Waals surface area contributed by atoms with Gasteiger partial charge in [-0.25, -0.2) is 0 Å². The molecule has 0 radical (unpaired) electrons. The van der Waals surface area contributed by atoms with Crippen molar-refractivity contribution in [2.24, 2.45) is 0 Å². The molecule has 2 amide bonds. The van der Waals surface area contributed by atoms with Crippen molar-refractivity contribution in [3.63, 3.8) is 0 Å². The van der Waals surface area contributed by atoms with Gasteiger partial charge in [-0.2, -0.15) is 0 Å². The van der Waals surface area contributed by atoms with E-state index < -0.39 is 41.5 Å². The van der Waals surface area contributed by atoms with Gasteiger partial charge in [0.1, 0.15) is 6.42 Å². The molecule has 0 unspecified atom stereocenters. The predicted octanol–water partition coefficient (Wildman–Crippen LogP) is 6.37. The largest absolute Gasteiger partial charge is 0.387 e. The molecular formula is C33H50N2O4. The molecule has 216 valence electrons. The van der Waals surface area contributed by atoms with Gasteiger partial charge >= 0.3 is 0 Å². The number of benzene rings is 2. The highest BCUT2D eigenvalue weighted by molar-refractivity contribution is 5.97. The van der Waals surface area contributed by atoms with Gasteiger partial charge in [0.25, 0.3) is 0 Å². The Hall–Kier alpha value is -2.70. The summed E-state index contributed by atoms with van der Waals surface area (Å²) in [6, 6.07) is 14.2. The quantitative estimate of drug-likeness (QED) is 0.187. The van der Waals surface area contributed by atoms with Crippen LogP contribution in [0.4, 0.5) is 0 Å². The van der Waals surface area contributed by atoms with Gasteiger partial charge in [0, 0.05) is 0 Å². The summed E-state index contributed by atoms with van der Waals surface area (Å²) in [6.45, 7) is 12.0. The molecule has 0 aliphatic carbocycles. The minimum atomic E-state index is -1.13. The fraction of sp³-hybridized carbons (Fsp3) is 0.576. The summed E-state index contributed by atoms with van der Waals surface area (Å²) in [4.78, 5) is 26.7. The third-order valence-electron chi connectivity index (χ3n) is 7.74. The van der Waals surface area contributed by atoms with Gasteiger partial charge in [0.15, 0.2) is 0 Å². The molecule has 0 saturated carbocycles. The minimum Gasteiger partial charge on any atom is -0.387 e. The topological polar surface area (TPSA) is 98.7 Å². The van der Waals surface area contributed by atoms with Gasteiger partial charge in [-0.05, 0) is 61.8 Å². The van der Waals surface area contributed by atoms with Crippen molar-refractivity contribution in [3.8, 4) is 0 Å². The van der Waals surface area contributed by atoms with Gasteiger partial charge in [-0.1, -0.05) is 102 Å². The van der Waals surface area contributed by atoms with Crippen molar-refractivity contribution < 1.29 is 19.8 Å². The number of hydrogen-bond acceptors (Lipinski definition) is 4. The van der Waals surface area contributed by atoms with Gasteiger partial charge in [0.05, 0.1) is 23.3 Å². The lowest BCUT2D eigenvalue weighted by Gasteiger charge is -2.38. The molecule has 2 aromatic rings. The van der Waals surface area contributed by atoms with E-state index in [1.807, 2.05) is 90.1 Å². The van der Waals surface area contributed by atoms with Crippen LogP contribution in [0.15, 0.2) is 48.5 Å². The van der Waals surface area contributed by atoms with Crippen molar-refractivity contribution in [1.29, 1.82) is 0 Å². The maximum absolute atomic E-state index is 13.3. The van der Waals surface area contributed by atoms with E-state index in [2.05, 4.69) is 10.6 Å². The highest BCUT2D eigenvalue weighted by Crippen LogP contribution is 2.37. The van der Waals surface area contributed by atoms with E-state index in [0.717, 1.165) is 47.9 Å². The number of hydrogen-bond donors (Lipinski definition) is 4. The number of aryl methyl sites for hydroxylation is 2.